The van der Waals surface area contributed by atoms with Gasteiger partial charge < -0.3 is 25.8 Å². The summed E-state index contributed by atoms with van der Waals surface area (Å²) in [5.41, 5.74) is 5.11. The molecule has 1 fully saturated rings. The summed E-state index contributed by atoms with van der Waals surface area (Å²) in [7, 11) is 0. The largest absolute Gasteiger partial charge is 0.394 e. The number of ether oxygens (including phenoxy) is 1. The first-order valence-electron chi connectivity index (χ1n) is 6.12. The number of nitrogens with zero attached hydrogens (tertiary/aromatic N) is 2. The van der Waals surface area contributed by atoms with E-state index in [4.69, 9.17) is 15.6 Å². The molecular formula is C11H14N4O5S. The van der Waals surface area contributed by atoms with Crippen molar-refractivity contribution < 1.29 is 20.1 Å². The monoisotopic (exact) mass is 314 g/mol. The second kappa shape index (κ2) is 5.00. The summed E-state index contributed by atoms with van der Waals surface area (Å²) in [6.45, 7) is 3.35. The molecule has 21 heavy (non-hydrogen) atoms. The minimum atomic E-state index is -1.28. The number of fused-ring (bicyclic) bond motifs is 1. The molecule has 0 saturated carbocycles. The van der Waals surface area contributed by atoms with E-state index in [0.717, 1.165) is 11.8 Å². The molecule has 2 aliphatic rings. The third-order valence-corrected chi connectivity index (χ3v) is 4.37. The van der Waals surface area contributed by atoms with Gasteiger partial charge in [0.15, 0.2) is 12.0 Å². The maximum atomic E-state index is 11.8. The molecule has 0 aromatic carbocycles. The van der Waals surface area contributed by atoms with Crippen molar-refractivity contribution in [2.75, 3.05) is 17.2 Å². The van der Waals surface area contributed by atoms with E-state index in [1.807, 2.05) is 0 Å². The molecule has 1 aromatic heterocycles. The van der Waals surface area contributed by atoms with Crippen molar-refractivity contribution in [2.45, 2.75) is 29.4 Å². The average molecular weight is 314 g/mol. The Hall–Kier alpha value is -1.59. The molecule has 1 unspecified atom stereocenters. The molecule has 0 aliphatic carbocycles. The number of nitrogen functional groups attached to an aromatic ring is 1. The van der Waals surface area contributed by atoms with Crippen molar-refractivity contribution in [1.82, 2.24) is 9.97 Å². The second-order valence-electron chi connectivity index (χ2n) is 4.70. The molecule has 0 radical (unpaired) electrons. The van der Waals surface area contributed by atoms with Crippen molar-refractivity contribution in [3.05, 3.63) is 22.0 Å². The lowest BCUT2D eigenvalue weighted by atomic mass is 10.1. The summed E-state index contributed by atoms with van der Waals surface area (Å²) in [6.07, 6.45) is -4.47. The number of aliphatic hydroxyl groups is 3. The number of nitrogens with one attached hydrogen (secondary N) is 1. The van der Waals surface area contributed by atoms with Crippen molar-refractivity contribution >= 4 is 23.5 Å². The van der Waals surface area contributed by atoms with Crippen LogP contribution in [-0.4, -0.2) is 56.4 Å². The molecule has 0 bridgehead atoms. The quantitative estimate of drug-likeness (QED) is 0.425. The van der Waals surface area contributed by atoms with Crippen LogP contribution in [0.4, 0.5) is 11.8 Å². The highest BCUT2D eigenvalue weighted by Crippen LogP contribution is 2.45. The lowest BCUT2D eigenvalue weighted by Gasteiger charge is -2.27. The zero-order chi connectivity index (χ0) is 15.3. The molecule has 3 heterocycles. The van der Waals surface area contributed by atoms with Gasteiger partial charge in [-0.2, -0.15) is 4.98 Å². The number of nitrogens with two attached hydrogens (primary N) is 1. The van der Waals surface area contributed by atoms with Gasteiger partial charge in [-0.3, -0.25) is 14.7 Å². The normalized spacial score (nSPS) is 31.8. The van der Waals surface area contributed by atoms with E-state index >= 15 is 0 Å². The van der Waals surface area contributed by atoms with Crippen molar-refractivity contribution in [1.29, 1.82) is 0 Å². The van der Waals surface area contributed by atoms with Crippen molar-refractivity contribution in [3.8, 4) is 0 Å². The molecule has 1 aromatic rings. The van der Waals surface area contributed by atoms with Gasteiger partial charge >= 0.3 is 0 Å². The van der Waals surface area contributed by atoms with Crippen molar-refractivity contribution in [3.63, 3.8) is 0 Å². The summed E-state index contributed by atoms with van der Waals surface area (Å²) >= 11 is 1.07. The number of aromatic nitrogens is 2. The molecule has 9 nitrogen and oxygen atoms in total. The third-order valence-electron chi connectivity index (χ3n) is 3.37. The van der Waals surface area contributed by atoms with E-state index in [9.17, 15) is 15.0 Å². The Labute approximate surface area is 123 Å². The fraction of sp³-hybridized carbons (Fsp3) is 0.455. The minimum Gasteiger partial charge on any atom is -0.394 e. The molecule has 114 valence electrons. The fourth-order valence-electron chi connectivity index (χ4n) is 2.36. The van der Waals surface area contributed by atoms with Crippen LogP contribution in [0.1, 0.15) is 0 Å². The highest BCUT2D eigenvalue weighted by Gasteiger charge is 2.48. The van der Waals surface area contributed by atoms with Crippen LogP contribution in [0.2, 0.25) is 0 Å². The summed E-state index contributed by atoms with van der Waals surface area (Å²) < 4.78 is 5.43. The maximum absolute atomic E-state index is 11.8. The number of hydrogen-bond donors (Lipinski definition) is 5. The van der Waals surface area contributed by atoms with Gasteiger partial charge in [0, 0.05) is 0 Å². The van der Waals surface area contributed by atoms with Crippen LogP contribution in [0.15, 0.2) is 21.3 Å². The molecule has 3 rings (SSSR count). The van der Waals surface area contributed by atoms with Gasteiger partial charge in [0.1, 0.15) is 23.2 Å². The summed E-state index contributed by atoms with van der Waals surface area (Å²) in [5.74, 6) is 0.131. The molecule has 0 amide bonds. The van der Waals surface area contributed by atoms with Gasteiger partial charge in [0.25, 0.3) is 5.56 Å². The number of aliphatic hydroxyl groups excluding tert-OH is 3. The van der Waals surface area contributed by atoms with E-state index in [1.165, 1.54) is 4.90 Å². The van der Waals surface area contributed by atoms with Gasteiger partial charge in [-0.25, -0.2) is 0 Å². The van der Waals surface area contributed by atoms with Crippen LogP contribution in [0, 0.1) is 0 Å². The second-order valence-corrected chi connectivity index (χ2v) is 5.78. The number of hydrogen-bond acceptors (Lipinski definition) is 9. The smallest absolute Gasteiger partial charge is 0.268 e. The minimum absolute atomic E-state index is 0.0780. The third kappa shape index (κ3) is 2.12. The topological polar surface area (TPSA) is 145 Å². The predicted molar refractivity (Wildman–Crippen MR) is 74.5 cm³/mol. The highest BCUT2D eigenvalue weighted by molar-refractivity contribution is 8.03. The molecule has 0 spiro atoms. The van der Waals surface area contributed by atoms with Gasteiger partial charge in [0.05, 0.1) is 11.6 Å². The molecule has 2 aliphatic heterocycles. The van der Waals surface area contributed by atoms with Gasteiger partial charge in [-0.05, 0) is 0 Å². The van der Waals surface area contributed by atoms with Crippen molar-refractivity contribution in [2.24, 2.45) is 0 Å². The van der Waals surface area contributed by atoms with Crippen LogP contribution >= 0.6 is 11.8 Å². The molecule has 6 N–H and O–H groups in total. The van der Waals surface area contributed by atoms with E-state index in [2.05, 4.69) is 16.5 Å². The van der Waals surface area contributed by atoms with E-state index < -0.39 is 36.7 Å². The van der Waals surface area contributed by atoms with Gasteiger partial charge in [0.2, 0.25) is 5.95 Å². The number of thioether (sulfide) groups is 1. The van der Waals surface area contributed by atoms with E-state index in [0.29, 0.717) is 5.03 Å². The Morgan fingerprint density at radius 2 is 2.19 bits per heavy atom. The lowest BCUT2D eigenvalue weighted by molar-refractivity contribution is -0.0205. The SMILES string of the molecule is C=C1Sc2c(nc(N)[nH]c2=O)N1C1O[C@H](CO)[C@H](O)[C@H]1O. The van der Waals surface area contributed by atoms with Gasteiger partial charge in [-0.1, -0.05) is 18.3 Å². The standard InChI is InChI=1S/C11H14N4O5S/c1-3-15(10-6(18)5(17)4(2-16)20-10)8-7(21-3)9(19)14-11(12)13-8/h4-6,10,16-18H,1-2H2,(H3,12,13,14,19)/t4-,5+,6-,10?/m1/s1. The van der Waals surface area contributed by atoms with Crippen LogP contribution < -0.4 is 16.2 Å². The highest BCUT2D eigenvalue weighted by atomic mass is 32.2. The van der Waals surface area contributed by atoms with E-state index in [1.54, 1.807) is 0 Å². The number of aromatic amines is 1. The van der Waals surface area contributed by atoms with Crippen LogP contribution in [0.5, 0.6) is 0 Å². The van der Waals surface area contributed by atoms with Crippen LogP contribution in [-0.2, 0) is 4.74 Å². The average Bonchev–Trinajstić information content (AvgIpc) is 2.89. The molecular weight excluding hydrogens is 300 g/mol. The lowest BCUT2D eigenvalue weighted by Crippen LogP contribution is -2.42. The first-order valence-corrected chi connectivity index (χ1v) is 6.94. The van der Waals surface area contributed by atoms with Crippen LogP contribution in [0.3, 0.4) is 0 Å². The summed E-state index contributed by atoms with van der Waals surface area (Å²) in [4.78, 5) is 19.9. The summed E-state index contributed by atoms with van der Waals surface area (Å²) in [6, 6.07) is 0. The van der Waals surface area contributed by atoms with Gasteiger partial charge in [-0.15, -0.1) is 0 Å². The maximum Gasteiger partial charge on any atom is 0.268 e. The fourth-order valence-corrected chi connectivity index (χ4v) is 3.27. The Bertz CT molecular complexity index is 650. The van der Waals surface area contributed by atoms with Crippen LogP contribution in [0.25, 0.3) is 0 Å². The first kappa shape index (κ1) is 14.4. The Morgan fingerprint density at radius 1 is 1.48 bits per heavy atom. The Kier molecular flexibility index (Phi) is 3.42. The molecule has 10 heteroatoms. The zero-order valence-corrected chi connectivity index (χ0v) is 11.6. The first-order chi connectivity index (χ1) is 9.93. The molecule has 4 atom stereocenters. The van der Waals surface area contributed by atoms with E-state index in [-0.39, 0.29) is 16.7 Å². The number of rotatable bonds is 2. The Balaban J connectivity index is 2.02. The summed E-state index contributed by atoms with van der Waals surface area (Å²) in [5, 5.41) is 29.4. The Morgan fingerprint density at radius 3 is 2.81 bits per heavy atom. The number of H-pyrrole nitrogens is 1. The molecule has 1 saturated heterocycles. The zero-order valence-electron chi connectivity index (χ0n) is 10.8. The predicted octanol–water partition coefficient (Wildman–Crippen LogP) is -1.83. The number of anilines is 2.